The fourth-order valence-corrected chi connectivity index (χ4v) is 2.78. The van der Waals surface area contributed by atoms with Gasteiger partial charge >= 0.3 is 0 Å². The minimum Gasteiger partial charge on any atom is -1.00 e. The molecule has 1 aromatic rings. The lowest BCUT2D eigenvalue weighted by molar-refractivity contribution is -0.925. The lowest BCUT2D eigenvalue weighted by Gasteiger charge is -2.44. The minimum atomic E-state index is 0. The van der Waals surface area contributed by atoms with Crippen LogP contribution < -0.4 is 28.9 Å². The summed E-state index contributed by atoms with van der Waals surface area (Å²) in [5.41, 5.74) is 1.31. The second-order valence-electron chi connectivity index (χ2n) is 4.88. The highest BCUT2D eigenvalue weighted by atomic mass is 127. The van der Waals surface area contributed by atoms with Crippen molar-refractivity contribution >= 4 is 17.3 Å². The number of hydrogen-bond acceptors (Lipinski definition) is 1. The molecule has 1 aliphatic heterocycles. The van der Waals surface area contributed by atoms with Gasteiger partial charge in [-0.15, -0.1) is 0 Å². The second-order valence-corrected chi connectivity index (χ2v) is 5.32. The molecular weight excluding hydrogens is 359 g/mol. The number of quaternary nitrogens is 1. The Labute approximate surface area is 133 Å². The number of nitrogens with zero attached hydrogens (tertiary/aromatic N) is 2. The number of halogens is 2. The molecule has 1 aromatic carbocycles. The summed E-state index contributed by atoms with van der Waals surface area (Å²) in [7, 11) is 0. The molecule has 0 atom stereocenters. The predicted molar refractivity (Wildman–Crippen MR) is 74.7 cm³/mol. The molecule has 102 valence electrons. The lowest BCUT2D eigenvalue weighted by Crippen LogP contribution is -3.00. The molecule has 1 aliphatic rings. The molecule has 0 unspecified atom stereocenters. The van der Waals surface area contributed by atoms with Crippen molar-refractivity contribution in [3.8, 4) is 0 Å². The van der Waals surface area contributed by atoms with E-state index in [0.717, 1.165) is 18.1 Å². The number of hydrogen-bond donors (Lipinski definition) is 0. The molecule has 0 aromatic heterocycles. The zero-order chi connectivity index (χ0) is 12.3. The molecule has 0 amide bonds. The summed E-state index contributed by atoms with van der Waals surface area (Å²) in [6.07, 6.45) is 0. The van der Waals surface area contributed by atoms with Gasteiger partial charge in [0.1, 0.15) is 0 Å². The Balaban J connectivity index is 0.00000162. The van der Waals surface area contributed by atoms with Crippen molar-refractivity contribution < 1.29 is 28.5 Å². The largest absolute Gasteiger partial charge is 1.00 e. The Morgan fingerprint density at radius 2 is 1.56 bits per heavy atom. The van der Waals surface area contributed by atoms with Crippen LogP contribution in [0, 0.1) is 0 Å². The molecule has 0 N–H and O–H groups in total. The standard InChI is InChI=1S/C14H22ClN2.HI/c1-3-17(4-2)11-9-16(10-12-17)14-7-5-13(15)6-8-14;/h5-8H,3-4,9-12H2,1-2H3;1H/q+1;/p-1. The SMILES string of the molecule is CC[N+]1(CC)CCN(c2ccc(Cl)cc2)CC1.[I-]. The smallest absolute Gasteiger partial charge is 0.0965 e. The van der Waals surface area contributed by atoms with Gasteiger partial charge in [-0.05, 0) is 38.1 Å². The topological polar surface area (TPSA) is 3.24 Å². The van der Waals surface area contributed by atoms with E-state index in [2.05, 4.69) is 30.9 Å². The molecule has 0 saturated carbocycles. The van der Waals surface area contributed by atoms with Gasteiger partial charge < -0.3 is 33.4 Å². The van der Waals surface area contributed by atoms with Gasteiger partial charge in [0.25, 0.3) is 0 Å². The third-order valence-corrected chi connectivity index (χ3v) is 4.47. The first-order chi connectivity index (χ1) is 8.19. The molecule has 0 radical (unpaired) electrons. The van der Waals surface area contributed by atoms with E-state index in [1.807, 2.05) is 12.1 Å². The second kappa shape index (κ2) is 6.96. The van der Waals surface area contributed by atoms with Crippen LogP contribution in [0.1, 0.15) is 13.8 Å². The minimum absolute atomic E-state index is 0. The molecule has 4 heteroatoms. The summed E-state index contributed by atoms with van der Waals surface area (Å²) in [6.45, 7) is 12.0. The van der Waals surface area contributed by atoms with Crippen molar-refractivity contribution in [2.75, 3.05) is 44.2 Å². The van der Waals surface area contributed by atoms with E-state index < -0.39 is 0 Å². The van der Waals surface area contributed by atoms with Crippen LogP contribution in [0.15, 0.2) is 24.3 Å². The molecule has 1 saturated heterocycles. The summed E-state index contributed by atoms with van der Waals surface area (Å²) in [5, 5.41) is 0.818. The molecular formula is C14H22ClIN2. The van der Waals surface area contributed by atoms with Gasteiger partial charge in [-0.2, -0.15) is 0 Å². The number of anilines is 1. The van der Waals surface area contributed by atoms with Gasteiger partial charge in [0.15, 0.2) is 0 Å². The first kappa shape index (κ1) is 16.1. The van der Waals surface area contributed by atoms with Crippen molar-refractivity contribution in [1.29, 1.82) is 0 Å². The van der Waals surface area contributed by atoms with E-state index in [4.69, 9.17) is 11.6 Å². The van der Waals surface area contributed by atoms with Crippen LogP contribution in [-0.4, -0.2) is 43.8 Å². The summed E-state index contributed by atoms with van der Waals surface area (Å²) in [6, 6.07) is 8.21. The highest BCUT2D eigenvalue weighted by Gasteiger charge is 2.29. The highest BCUT2D eigenvalue weighted by molar-refractivity contribution is 6.30. The van der Waals surface area contributed by atoms with E-state index >= 15 is 0 Å². The van der Waals surface area contributed by atoms with Crippen LogP contribution in [0.3, 0.4) is 0 Å². The van der Waals surface area contributed by atoms with Crippen LogP contribution >= 0.6 is 11.6 Å². The molecule has 1 heterocycles. The van der Waals surface area contributed by atoms with Crippen molar-refractivity contribution in [1.82, 2.24) is 0 Å². The Morgan fingerprint density at radius 1 is 1.06 bits per heavy atom. The van der Waals surface area contributed by atoms with Gasteiger partial charge in [-0.25, -0.2) is 0 Å². The molecule has 1 fully saturated rings. The zero-order valence-corrected chi connectivity index (χ0v) is 14.1. The monoisotopic (exact) mass is 380 g/mol. The van der Waals surface area contributed by atoms with Crippen LogP contribution in [0.4, 0.5) is 5.69 Å². The summed E-state index contributed by atoms with van der Waals surface area (Å²) in [4.78, 5) is 2.47. The van der Waals surface area contributed by atoms with Gasteiger partial charge in [-0.3, -0.25) is 0 Å². The molecule has 2 nitrogen and oxygen atoms in total. The molecule has 0 spiro atoms. The van der Waals surface area contributed by atoms with Gasteiger partial charge in [0.2, 0.25) is 0 Å². The Morgan fingerprint density at radius 3 is 2.00 bits per heavy atom. The normalized spacial score (nSPS) is 18.3. The quantitative estimate of drug-likeness (QED) is 0.528. The van der Waals surface area contributed by atoms with Crippen LogP contribution in [0.25, 0.3) is 0 Å². The van der Waals surface area contributed by atoms with E-state index in [9.17, 15) is 0 Å². The van der Waals surface area contributed by atoms with E-state index in [-0.39, 0.29) is 24.0 Å². The first-order valence-corrected chi connectivity index (χ1v) is 6.92. The molecule has 2 rings (SSSR count). The number of piperazine rings is 1. The van der Waals surface area contributed by atoms with E-state index in [1.165, 1.54) is 36.3 Å². The zero-order valence-electron chi connectivity index (χ0n) is 11.2. The Hall–Kier alpha value is -0.000000000000000111. The number of likely N-dealkylation sites (N-methyl/N-ethyl adjacent to an activating group) is 1. The molecule has 0 bridgehead atoms. The predicted octanol–water partition coefficient (Wildman–Crippen LogP) is 0.0206. The van der Waals surface area contributed by atoms with Crippen molar-refractivity contribution in [2.24, 2.45) is 0 Å². The van der Waals surface area contributed by atoms with Crippen LogP contribution in [0.5, 0.6) is 0 Å². The molecule has 0 aliphatic carbocycles. The molecule has 18 heavy (non-hydrogen) atoms. The summed E-state index contributed by atoms with van der Waals surface area (Å²) >= 11 is 5.92. The van der Waals surface area contributed by atoms with E-state index in [1.54, 1.807) is 0 Å². The third kappa shape index (κ3) is 3.52. The maximum Gasteiger partial charge on any atom is 0.0965 e. The fraction of sp³-hybridized carbons (Fsp3) is 0.571. The fourth-order valence-electron chi connectivity index (χ4n) is 2.66. The van der Waals surface area contributed by atoms with Crippen molar-refractivity contribution in [3.63, 3.8) is 0 Å². The average molecular weight is 381 g/mol. The third-order valence-electron chi connectivity index (χ3n) is 4.22. The number of rotatable bonds is 3. The Kier molecular flexibility index (Phi) is 6.21. The van der Waals surface area contributed by atoms with Gasteiger partial charge in [-0.1, -0.05) is 11.6 Å². The van der Waals surface area contributed by atoms with Gasteiger partial charge in [0.05, 0.1) is 39.3 Å². The lowest BCUT2D eigenvalue weighted by atomic mass is 10.2. The summed E-state index contributed by atoms with van der Waals surface area (Å²) < 4.78 is 1.27. The maximum absolute atomic E-state index is 5.92. The van der Waals surface area contributed by atoms with Gasteiger partial charge in [0, 0.05) is 10.7 Å². The van der Waals surface area contributed by atoms with Crippen molar-refractivity contribution in [2.45, 2.75) is 13.8 Å². The first-order valence-electron chi connectivity index (χ1n) is 6.55. The highest BCUT2D eigenvalue weighted by Crippen LogP contribution is 2.21. The van der Waals surface area contributed by atoms with Crippen LogP contribution in [0.2, 0.25) is 5.02 Å². The Bertz CT molecular complexity index is 353. The summed E-state index contributed by atoms with van der Waals surface area (Å²) in [5.74, 6) is 0. The number of benzene rings is 1. The average Bonchev–Trinajstić information content (AvgIpc) is 2.40. The maximum atomic E-state index is 5.92. The van der Waals surface area contributed by atoms with Crippen LogP contribution in [-0.2, 0) is 0 Å². The van der Waals surface area contributed by atoms with Crippen molar-refractivity contribution in [3.05, 3.63) is 29.3 Å². The van der Waals surface area contributed by atoms with E-state index in [0.29, 0.717) is 0 Å².